The first-order chi connectivity index (χ1) is 9.16. The monoisotopic (exact) mass is 321 g/mol. The lowest BCUT2D eigenvalue weighted by Crippen LogP contribution is -2.51. The summed E-state index contributed by atoms with van der Waals surface area (Å²) >= 11 is 5.87. The number of carbonyl (C=O) groups is 1. The number of carboxylic acids is 1. The van der Waals surface area contributed by atoms with Crippen LogP contribution in [0.3, 0.4) is 0 Å². The average Bonchev–Trinajstić information content (AvgIpc) is 2.37. The molecule has 20 heavy (non-hydrogen) atoms. The fourth-order valence-corrected chi connectivity index (χ4v) is 3.22. The van der Waals surface area contributed by atoms with Crippen molar-refractivity contribution in [3.63, 3.8) is 0 Å². The van der Waals surface area contributed by atoms with Crippen LogP contribution in [0.4, 0.5) is 0 Å². The lowest BCUT2D eigenvalue weighted by Gasteiger charge is -2.24. The molecular weight excluding hydrogens is 306 g/mol. The molecule has 2 N–H and O–H groups in total. The Hall–Kier alpha value is -1.31. The fraction of sp³-hybridized carbons (Fsp3) is 0.417. The van der Waals surface area contributed by atoms with Crippen molar-refractivity contribution < 1.29 is 23.1 Å². The zero-order valence-corrected chi connectivity index (χ0v) is 12.9. The van der Waals surface area contributed by atoms with Gasteiger partial charge in [0.15, 0.2) is 0 Å². The molecule has 1 aromatic carbocycles. The lowest BCUT2D eigenvalue weighted by molar-refractivity contribution is -0.143. The van der Waals surface area contributed by atoms with Crippen molar-refractivity contribution in [2.45, 2.75) is 30.7 Å². The zero-order valence-electron chi connectivity index (χ0n) is 11.3. The highest BCUT2D eigenvalue weighted by Crippen LogP contribution is 2.27. The van der Waals surface area contributed by atoms with E-state index in [2.05, 4.69) is 4.72 Å². The van der Waals surface area contributed by atoms with Crippen LogP contribution in [-0.2, 0) is 14.8 Å². The van der Waals surface area contributed by atoms with Crippen molar-refractivity contribution in [1.82, 2.24) is 4.72 Å². The maximum atomic E-state index is 12.2. The number of ether oxygens (including phenoxy) is 1. The van der Waals surface area contributed by atoms with Gasteiger partial charge < -0.3 is 9.84 Å². The van der Waals surface area contributed by atoms with Crippen LogP contribution < -0.4 is 9.46 Å². The van der Waals surface area contributed by atoms with E-state index in [9.17, 15) is 13.2 Å². The summed E-state index contributed by atoms with van der Waals surface area (Å²) in [5, 5.41) is 9.24. The molecule has 0 spiro atoms. The number of rotatable bonds is 6. The van der Waals surface area contributed by atoms with Crippen LogP contribution in [0.1, 0.15) is 20.3 Å². The van der Waals surface area contributed by atoms with Crippen LogP contribution in [0, 0.1) is 0 Å². The molecule has 1 aromatic rings. The summed E-state index contributed by atoms with van der Waals surface area (Å²) in [5.74, 6) is -0.912. The van der Waals surface area contributed by atoms with E-state index < -0.39 is 21.5 Å². The SMILES string of the molecule is CCC(C)(NS(=O)(=O)c1ccc(OC)c(Cl)c1)C(=O)O. The summed E-state index contributed by atoms with van der Waals surface area (Å²) < 4.78 is 31.5. The van der Waals surface area contributed by atoms with Gasteiger partial charge in [-0.2, -0.15) is 4.72 Å². The quantitative estimate of drug-likeness (QED) is 0.834. The third kappa shape index (κ3) is 3.41. The van der Waals surface area contributed by atoms with Crippen molar-refractivity contribution in [2.24, 2.45) is 0 Å². The van der Waals surface area contributed by atoms with Crippen molar-refractivity contribution in [3.8, 4) is 5.75 Å². The average molecular weight is 322 g/mol. The van der Waals surface area contributed by atoms with Gasteiger partial charge in [-0.1, -0.05) is 18.5 Å². The van der Waals surface area contributed by atoms with E-state index in [4.69, 9.17) is 21.4 Å². The molecule has 1 unspecified atom stereocenters. The van der Waals surface area contributed by atoms with Gasteiger partial charge in [-0.3, -0.25) is 4.79 Å². The molecule has 6 nitrogen and oxygen atoms in total. The van der Waals surface area contributed by atoms with Gasteiger partial charge in [0.05, 0.1) is 17.0 Å². The first-order valence-electron chi connectivity index (χ1n) is 5.77. The highest BCUT2D eigenvalue weighted by molar-refractivity contribution is 7.89. The Kier molecular flexibility index (Phi) is 5.01. The molecule has 0 aromatic heterocycles. The van der Waals surface area contributed by atoms with Crippen LogP contribution in [-0.4, -0.2) is 32.1 Å². The Labute approximate surface area is 122 Å². The predicted molar refractivity (Wildman–Crippen MR) is 74.7 cm³/mol. The third-order valence-electron chi connectivity index (χ3n) is 2.97. The molecule has 0 aliphatic heterocycles. The van der Waals surface area contributed by atoms with E-state index in [0.29, 0.717) is 5.75 Å². The predicted octanol–water partition coefficient (Wildman–Crippen LogP) is 1.88. The Bertz CT molecular complexity index is 616. The van der Waals surface area contributed by atoms with Crippen molar-refractivity contribution >= 4 is 27.6 Å². The van der Waals surface area contributed by atoms with Gasteiger partial charge in [-0.25, -0.2) is 8.42 Å². The molecule has 0 aliphatic carbocycles. The maximum Gasteiger partial charge on any atom is 0.324 e. The van der Waals surface area contributed by atoms with Crippen LogP contribution in [0.15, 0.2) is 23.1 Å². The smallest absolute Gasteiger partial charge is 0.324 e. The van der Waals surface area contributed by atoms with E-state index in [1.807, 2.05) is 0 Å². The molecule has 0 heterocycles. The minimum absolute atomic E-state index is 0.103. The molecule has 0 amide bonds. The topological polar surface area (TPSA) is 92.7 Å². The van der Waals surface area contributed by atoms with Gasteiger partial charge in [0.25, 0.3) is 0 Å². The second-order valence-corrected chi connectivity index (χ2v) is 6.48. The Morgan fingerprint density at radius 3 is 2.50 bits per heavy atom. The van der Waals surface area contributed by atoms with Crippen LogP contribution >= 0.6 is 11.6 Å². The molecule has 1 rings (SSSR count). The first-order valence-corrected chi connectivity index (χ1v) is 7.63. The summed E-state index contributed by atoms with van der Waals surface area (Å²) in [6.07, 6.45) is 0.103. The van der Waals surface area contributed by atoms with Crippen LogP contribution in [0.25, 0.3) is 0 Å². The molecule has 0 fully saturated rings. The van der Waals surface area contributed by atoms with E-state index in [0.717, 1.165) is 0 Å². The summed E-state index contributed by atoms with van der Waals surface area (Å²) in [5.41, 5.74) is -1.58. The molecule has 112 valence electrons. The number of benzene rings is 1. The van der Waals surface area contributed by atoms with Gasteiger partial charge >= 0.3 is 5.97 Å². The van der Waals surface area contributed by atoms with Gasteiger partial charge in [-0.15, -0.1) is 0 Å². The van der Waals surface area contributed by atoms with Gasteiger partial charge in [0.2, 0.25) is 10.0 Å². The van der Waals surface area contributed by atoms with E-state index in [1.54, 1.807) is 6.92 Å². The van der Waals surface area contributed by atoms with Crippen molar-refractivity contribution in [1.29, 1.82) is 0 Å². The molecular formula is C12H16ClNO5S. The molecule has 0 bridgehead atoms. The summed E-state index contributed by atoms with van der Waals surface area (Å²) in [4.78, 5) is 11.0. The van der Waals surface area contributed by atoms with E-state index in [1.165, 1.54) is 32.2 Å². The number of halogens is 1. The zero-order chi connectivity index (χ0) is 15.6. The Balaban J connectivity index is 3.18. The van der Waals surface area contributed by atoms with Crippen molar-refractivity contribution in [2.75, 3.05) is 7.11 Å². The standard InChI is InChI=1S/C12H16ClNO5S/c1-4-12(2,11(15)16)14-20(17,18)8-5-6-10(19-3)9(13)7-8/h5-7,14H,4H2,1-3H3,(H,15,16). The molecule has 0 saturated heterocycles. The molecule has 1 atom stereocenters. The largest absolute Gasteiger partial charge is 0.495 e. The fourth-order valence-electron chi connectivity index (χ4n) is 1.44. The summed E-state index contributed by atoms with van der Waals surface area (Å²) in [6.45, 7) is 2.88. The molecule has 0 aliphatic rings. The van der Waals surface area contributed by atoms with Crippen molar-refractivity contribution in [3.05, 3.63) is 23.2 Å². The highest BCUT2D eigenvalue weighted by atomic mass is 35.5. The highest BCUT2D eigenvalue weighted by Gasteiger charge is 2.36. The number of carboxylic acid groups (broad SMARTS) is 1. The minimum atomic E-state index is -3.99. The minimum Gasteiger partial charge on any atom is -0.495 e. The van der Waals surface area contributed by atoms with Crippen LogP contribution in [0.5, 0.6) is 5.75 Å². The second-order valence-electron chi connectivity index (χ2n) is 4.39. The third-order valence-corrected chi connectivity index (χ3v) is 4.86. The van der Waals surface area contributed by atoms with E-state index in [-0.39, 0.29) is 16.3 Å². The number of hydrogen-bond acceptors (Lipinski definition) is 4. The Morgan fingerprint density at radius 1 is 1.50 bits per heavy atom. The number of methoxy groups -OCH3 is 1. The molecule has 0 saturated carbocycles. The maximum absolute atomic E-state index is 12.2. The number of hydrogen-bond donors (Lipinski definition) is 2. The Morgan fingerprint density at radius 2 is 2.10 bits per heavy atom. The molecule has 0 radical (unpaired) electrons. The van der Waals surface area contributed by atoms with Crippen LogP contribution in [0.2, 0.25) is 5.02 Å². The number of nitrogens with one attached hydrogen (secondary N) is 1. The van der Waals surface area contributed by atoms with Gasteiger partial charge in [0, 0.05) is 0 Å². The first kappa shape index (κ1) is 16.7. The van der Waals surface area contributed by atoms with Gasteiger partial charge in [0.1, 0.15) is 11.3 Å². The summed E-state index contributed by atoms with van der Waals surface area (Å²) in [6, 6.07) is 3.91. The number of aliphatic carboxylic acids is 1. The lowest BCUT2D eigenvalue weighted by atomic mass is 10.0. The van der Waals surface area contributed by atoms with Gasteiger partial charge in [-0.05, 0) is 31.5 Å². The van der Waals surface area contributed by atoms with E-state index >= 15 is 0 Å². The summed E-state index contributed by atoms with van der Waals surface area (Å²) in [7, 11) is -2.58. The number of sulfonamides is 1. The second kappa shape index (κ2) is 5.99. The molecule has 8 heteroatoms. The normalized spacial score (nSPS) is 14.6.